The van der Waals surface area contributed by atoms with Gasteiger partial charge in [-0.05, 0) is 28.7 Å². The van der Waals surface area contributed by atoms with Crippen LogP contribution in [0.4, 0.5) is 28.4 Å². The zero-order valence-corrected chi connectivity index (χ0v) is 16.5. The van der Waals surface area contributed by atoms with Crippen LogP contribution in [0.3, 0.4) is 0 Å². The van der Waals surface area contributed by atoms with Crippen LogP contribution in [0.1, 0.15) is 0 Å². The second-order valence-electron chi connectivity index (χ2n) is 4.60. The van der Waals surface area contributed by atoms with Gasteiger partial charge in [-0.1, -0.05) is 34.8 Å². The third kappa shape index (κ3) is 3.90. The molecular weight excluding hydrogens is 529 g/mol. The first-order valence-electron chi connectivity index (χ1n) is 6.25. The van der Waals surface area contributed by atoms with Crippen molar-refractivity contribution in [1.29, 1.82) is 0 Å². The largest absolute Gasteiger partial charge is 0.343 e. The summed E-state index contributed by atoms with van der Waals surface area (Å²) in [7, 11) is 0. The highest BCUT2D eigenvalue weighted by molar-refractivity contribution is 14.1. The van der Waals surface area contributed by atoms with E-state index in [2.05, 4.69) is 5.32 Å². The highest BCUT2D eigenvalue weighted by Gasteiger charge is 2.31. The quantitative estimate of drug-likeness (QED) is 0.170. The molecule has 10 nitrogen and oxygen atoms in total. The molecule has 0 aromatic heterocycles. The summed E-state index contributed by atoms with van der Waals surface area (Å²) in [6.45, 7) is 0. The van der Waals surface area contributed by atoms with Gasteiger partial charge >= 0.3 is 11.4 Å². The van der Waals surface area contributed by atoms with E-state index in [9.17, 15) is 30.3 Å². The predicted octanol–water partition coefficient (Wildman–Crippen LogP) is 5.72. The molecule has 26 heavy (non-hydrogen) atoms. The van der Waals surface area contributed by atoms with Gasteiger partial charge in [0, 0.05) is 0 Å². The Morgan fingerprint density at radius 2 is 1.35 bits per heavy atom. The number of nitro groups is 3. The van der Waals surface area contributed by atoms with Crippen LogP contribution in [0.15, 0.2) is 18.2 Å². The summed E-state index contributed by atoms with van der Waals surface area (Å²) in [5.41, 5.74) is -3.21. The van der Waals surface area contributed by atoms with E-state index in [1.54, 1.807) is 0 Å². The Balaban J connectivity index is 2.75. The van der Waals surface area contributed by atoms with E-state index >= 15 is 0 Å². The summed E-state index contributed by atoms with van der Waals surface area (Å²) in [6, 6.07) is 2.46. The van der Waals surface area contributed by atoms with Crippen LogP contribution < -0.4 is 5.32 Å². The van der Waals surface area contributed by atoms with E-state index < -0.39 is 37.5 Å². The zero-order chi connectivity index (χ0) is 19.8. The molecule has 0 unspecified atom stereocenters. The SMILES string of the molecule is O=[N+]([O-])c1cc([N+](=O)[O-])c(Nc2cc(Cl)c(I)c(Cl)c2Cl)c([N+](=O)[O-])c1. The van der Waals surface area contributed by atoms with Crippen LogP contribution in [0.2, 0.25) is 15.1 Å². The summed E-state index contributed by atoms with van der Waals surface area (Å²) in [6.07, 6.45) is 0. The molecule has 0 spiro atoms. The van der Waals surface area contributed by atoms with Gasteiger partial charge in [-0.25, -0.2) is 0 Å². The monoisotopic (exact) mass is 532 g/mol. The molecule has 0 amide bonds. The maximum atomic E-state index is 11.3. The number of hydrogen-bond donors (Lipinski definition) is 1. The lowest BCUT2D eigenvalue weighted by molar-refractivity contribution is -0.401. The van der Waals surface area contributed by atoms with E-state index in [-0.39, 0.29) is 20.8 Å². The Kier molecular flexibility index (Phi) is 6.05. The summed E-state index contributed by atoms with van der Waals surface area (Å²) in [5, 5.41) is 36.0. The van der Waals surface area contributed by atoms with Crippen LogP contribution in [0.5, 0.6) is 0 Å². The first kappa shape index (κ1) is 20.4. The van der Waals surface area contributed by atoms with Gasteiger partial charge < -0.3 is 5.32 Å². The van der Waals surface area contributed by atoms with E-state index in [0.29, 0.717) is 15.7 Å². The van der Waals surface area contributed by atoms with Crippen molar-refractivity contribution in [2.75, 3.05) is 5.32 Å². The minimum atomic E-state index is -0.994. The summed E-state index contributed by atoms with van der Waals surface area (Å²) >= 11 is 19.9. The van der Waals surface area contributed by atoms with Gasteiger partial charge in [-0.2, -0.15) is 0 Å². The molecule has 0 aliphatic heterocycles. The fourth-order valence-electron chi connectivity index (χ4n) is 1.92. The number of nitro benzene ring substituents is 3. The van der Waals surface area contributed by atoms with Crippen LogP contribution >= 0.6 is 57.4 Å². The Bertz CT molecular complexity index is 935. The van der Waals surface area contributed by atoms with Gasteiger partial charge in [0.2, 0.25) is 0 Å². The normalized spacial score (nSPS) is 10.5. The van der Waals surface area contributed by atoms with Crippen molar-refractivity contribution >= 4 is 85.8 Å². The predicted molar refractivity (Wildman–Crippen MR) is 104 cm³/mol. The first-order valence-corrected chi connectivity index (χ1v) is 8.47. The zero-order valence-electron chi connectivity index (χ0n) is 12.0. The van der Waals surface area contributed by atoms with Crippen LogP contribution in [0, 0.1) is 33.9 Å². The molecule has 0 atom stereocenters. The number of anilines is 2. The summed E-state index contributed by atoms with van der Waals surface area (Å²) < 4.78 is 0.411. The van der Waals surface area contributed by atoms with E-state index in [0.717, 1.165) is 0 Å². The number of halogens is 4. The molecule has 0 bridgehead atoms. The van der Waals surface area contributed by atoms with E-state index in [1.165, 1.54) is 6.07 Å². The van der Waals surface area contributed by atoms with E-state index in [4.69, 9.17) is 34.8 Å². The Labute approximate surface area is 172 Å². The molecule has 2 rings (SSSR count). The average Bonchev–Trinajstić information content (AvgIpc) is 2.56. The molecular formula is C12H4Cl3IN4O6. The van der Waals surface area contributed by atoms with Crippen molar-refractivity contribution in [3.05, 3.63) is 67.2 Å². The van der Waals surface area contributed by atoms with Crippen LogP contribution in [-0.2, 0) is 0 Å². The second-order valence-corrected chi connectivity index (χ2v) is 6.85. The number of nitrogens with one attached hydrogen (secondary N) is 1. The van der Waals surface area contributed by atoms with E-state index in [1.807, 2.05) is 22.6 Å². The number of hydrogen-bond acceptors (Lipinski definition) is 7. The Morgan fingerprint density at radius 1 is 0.846 bits per heavy atom. The minimum Gasteiger partial charge on any atom is -0.343 e. The molecule has 1 N–H and O–H groups in total. The lowest BCUT2D eigenvalue weighted by Crippen LogP contribution is -2.04. The summed E-state index contributed by atoms with van der Waals surface area (Å²) in [5.74, 6) is 0. The van der Waals surface area contributed by atoms with Gasteiger partial charge in [0.05, 0.1) is 51.2 Å². The molecule has 136 valence electrons. The molecule has 0 heterocycles. The molecule has 0 aliphatic carbocycles. The third-order valence-corrected chi connectivity index (χ3v) is 5.97. The van der Waals surface area contributed by atoms with Gasteiger partial charge in [0.15, 0.2) is 5.69 Å². The first-order chi connectivity index (χ1) is 12.0. The van der Waals surface area contributed by atoms with Crippen molar-refractivity contribution in [3.63, 3.8) is 0 Å². The fourth-order valence-corrected chi connectivity index (χ4v) is 3.15. The van der Waals surface area contributed by atoms with Crippen molar-refractivity contribution in [2.24, 2.45) is 0 Å². The molecule has 0 fully saturated rings. The number of rotatable bonds is 5. The Hall–Kier alpha value is -1.96. The summed E-state index contributed by atoms with van der Waals surface area (Å²) in [4.78, 5) is 30.5. The number of benzene rings is 2. The van der Waals surface area contributed by atoms with Crippen molar-refractivity contribution in [1.82, 2.24) is 0 Å². The molecule has 14 heteroatoms. The van der Waals surface area contributed by atoms with Gasteiger partial charge in [0.25, 0.3) is 5.69 Å². The minimum absolute atomic E-state index is 0.0366. The van der Waals surface area contributed by atoms with Gasteiger partial charge in [-0.15, -0.1) is 0 Å². The molecule has 0 saturated heterocycles. The standard InChI is InChI=1S/C12H4Cl3IN4O6/c13-5-3-6(9(14)10(15)11(5)16)17-12-7(19(23)24)1-4(18(21)22)2-8(12)20(25)26/h1-3,17H. The Morgan fingerprint density at radius 3 is 1.77 bits per heavy atom. The smallest absolute Gasteiger partial charge is 0.306 e. The lowest BCUT2D eigenvalue weighted by atomic mass is 10.2. The van der Waals surface area contributed by atoms with Crippen molar-refractivity contribution in [2.45, 2.75) is 0 Å². The third-order valence-electron chi connectivity index (χ3n) is 3.05. The molecule has 2 aromatic rings. The van der Waals surface area contributed by atoms with Crippen LogP contribution in [-0.4, -0.2) is 14.8 Å². The highest BCUT2D eigenvalue weighted by atomic mass is 127. The average molecular weight is 533 g/mol. The van der Waals surface area contributed by atoms with Crippen LogP contribution in [0.25, 0.3) is 0 Å². The second kappa shape index (κ2) is 7.73. The maximum absolute atomic E-state index is 11.3. The number of nitrogens with zero attached hydrogens (tertiary/aromatic N) is 3. The fraction of sp³-hybridized carbons (Fsp3) is 0. The molecule has 2 aromatic carbocycles. The highest BCUT2D eigenvalue weighted by Crippen LogP contribution is 2.44. The number of non-ortho nitro benzene ring substituents is 1. The van der Waals surface area contributed by atoms with Crippen molar-refractivity contribution < 1.29 is 14.8 Å². The lowest BCUT2D eigenvalue weighted by Gasteiger charge is -2.12. The van der Waals surface area contributed by atoms with Gasteiger partial charge in [-0.3, -0.25) is 30.3 Å². The van der Waals surface area contributed by atoms with Gasteiger partial charge in [0.1, 0.15) is 0 Å². The molecule has 0 saturated carbocycles. The maximum Gasteiger partial charge on any atom is 0.306 e. The van der Waals surface area contributed by atoms with Crippen molar-refractivity contribution in [3.8, 4) is 0 Å². The molecule has 0 aliphatic rings. The molecule has 0 radical (unpaired) electrons. The topological polar surface area (TPSA) is 141 Å².